The van der Waals surface area contributed by atoms with Gasteiger partial charge < -0.3 is 9.84 Å². The van der Waals surface area contributed by atoms with E-state index < -0.39 is 5.60 Å². The van der Waals surface area contributed by atoms with Gasteiger partial charge in [-0.15, -0.1) is 6.42 Å². The average Bonchev–Trinajstić information content (AvgIpc) is 2.36. The van der Waals surface area contributed by atoms with Gasteiger partial charge in [-0.2, -0.15) is 0 Å². The van der Waals surface area contributed by atoms with Crippen molar-refractivity contribution in [2.24, 2.45) is 0 Å². The first-order valence-corrected chi connectivity index (χ1v) is 3.92. The molecule has 0 aromatic heterocycles. The molecule has 0 aromatic carbocycles. The second-order valence-electron chi connectivity index (χ2n) is 3.30. The zero-order chi connectivity index (χ0) is 8.48. The minimum atomic E-state index is -1.09. The first-order valence-electron chi connectivity index (χ1n) is 3.92. The van der Waals surface area contributed by atoms with Crippen molar-refractivity contribution >= 4 is 0 Å². The minimum Gasteiger partial charge on any atom is -0.375 e. The highest BCUT2D eigenvalue weighted by Gasteiger charge is 2.35. The summed E-state index contributed by atoms with van der Waals surface area (Å²) in [7, 11) is 0. The monoisotopic (exact) mass is 154 g/mol. The van der Waals surface area contributed by atoms with E-state index in [1.165, 1.54) is 0 Å². The van der Waals surface area contributed by atoms with Gasteiger partial charge in [0.1, 0.15) is 5.60 Å². The standard InChI is InChI=1S/C9H14O2/c1-4-9(3,10)8-6-5-7(2)11-8/h1,7-8,10H,5-6H2,2-3H3/t7-,8-,9+/m0/s1. The molecule has 0 aliphatic carbocycles. The Balaban J connectivity index is 2.57. The summed E-state index contributed by atoms with van der Waals surface area (Å²) in [5.74, 6) is 2.33. The fraction of sp³-hybridized carbons (Fsp3) is 0.778. The molecule has 62 valence electrons. The molecule has 0 unspecified atom stereocenters. The van der Waals surface area contributed by atoms with Gasteiger partial charge in [-0.1, -0.05) is 5.92 Å². The van der Waals surface area contributed by atoms with Crippen LogP contribution in [0.5, 0.6) is 0 Å². The number of rotatable bonds is 1. The Morgan fingerprint density at radius 1 is 1.64 bits per heavy atom. The van der Waals surface area contributed by atoms with Gasteiger partial charge in [-0.25, -0.2) is 0 Å². The van der Waals surface area contributed by atoms with Crippen LogP contribution in [0.1, 0.15) is 26.7 Å². The number of hydrogen-bond donors (Lipinski definition) is 1. The quantitative estimate of drug-likeness (QED) is 0.569. The normalized spacial score (nSPS) is 36.2. The molecule has 3 atom stereocenters. The Labute approximate surface area is 67.6 Å². The van der Waals surface area contributed by atoms with Gasteiger partial charge in [-0.3, -0.25) is 0 Å². The summed E-state index contributed by atoms with van der Waals surface area (Å²) < 4.78 is 5.42. The Hall–Kier alpha value is -0.520. The smallest absolute Gasteiger partial charge is 0.148 e. The van der Waals surface area contributed by atoms with E-state index in [9.17, 15) is 5.11 Å². The highest BCUT2D eigenvalue weighted by molar-refractivity contribution is 5.10. The molecule has 2 heteroatoms. The fourth-order valence-corrected chi connectivity index (χ4v) is 1.31. The highest BCUT2D eigenvalue weighted by Crippen LogP contribution is 2.27. The van der Waals surface area contributed by atoms with Crippen LogP contribution in [0.15, 0.2) is 0 Å². The van der Waals surface area contributed by atoms with Gasteiger partial charge in [0.2, 0.25) is 0 Å². The summed E-state index contributed by atoms with van der Waals surface area (Å²) in [4.78, 5) is 0. The maximum atomic E-state index is 9.58. The molecule has 1 N–H and O–H groups in total. The lowest BCUT2D eigenvalue weighted by atomic mass is 9.98. The maximum absolute atomic E-state index is 9.58. The highest BCUT2D eigenvalue weighted by atomic mass is 16.5. The van der Waals surface area contributed by atoms with E-state index in [-0.39, 0.29) is 12.2 Å². The van der Waals surface area contributed by atoms with E-state index in [0.717, 1.165) is 12.8 Å². The number of hydrogen-bond acceptors (Lipinski definition) is 2. The molecule has 1 aliphatic rings. The van der Waals surface area contributed by atoms with Gasteiger partial charge in [0.15, 0.2) is 0 Å². The maximum Gasteiger partial charge on any atom is 0.148 e. The molecule has 2 nitrogen and oxygen atoms in total. The van der Waals surface area contributed by atoms with Crippen LogP contribution >= 0.6 is 0 Å². The molecule has 0 spiro atoms. The number of aliphatic hydroxyl groups is 1. The molecule has 11 heavy (non-hydrogen) atoms. The summed E-state index contributed by atoms with van der Waals surface area (Å²) in [6.07, 6.45) is 7.06. The lowest BCUT2D eigenvalue weighted by Crippen LogP contribution is -2.37. The van der Waals surface area contributed by atoms with Crippen LogP contribution in [0.2, 0.25) is 0 Å². The van der Waals surface area contributed by atoms with E-state index in [2.05, 4.69) is 5.92 Å². The summed E-state index contributed by atoms with van der Waals surface area (Å²) in [5.41, 5.74) is -1.09. The summed E-state index contributed by atoms with van der Waals surface area (Å²) in [6, 6.07) is 0. The predicted molar refractivity (Wildman–Crippen MR) is 43.0 cm³/mol. The summed E-state index contributed by atoms with van der Waals surface area (Å²) >= 11 is 0. The molecule has 1 rings (SSSR count). The second kappa shape index (κ2) is 2.84. The SMILES string of the molecule is C#C[C@@](C)(O)[C@@H]1CC[C@H](C)O1. The first-order chi connectivity index (χ1) is 5.06. The molecule has 0 bridgehead atoms. The van der Waals surface area contributed by atoms with Gasteiger partial charge in [0, 0.05) is 0 Å². The van der Waals surface area contributed by atoms with Gasteiger partial charge in [0.25, 0.3) is 0 Å². The van der Waals surface area contributed by atoms with Crippen molar-refractivity contribution in [3.63, 3.8) is 0 Å². The first kappa shape index (κ1) is 8.58. The van der Waals surface area contributed by atoms with Crippen LogP contribution in [0, 0.1) is 12.3 Å². The van der Waals surface area contributed by atoms with E-state index in [1.54, 1.807) is 6.92 Å². The Kier molecular flexibility index (Phi) is 2.22. The Bertz CT molecular complexity index is 178. The van der Waals surface area contributed by atoms with Crippen molar-refractivity contribution in [2.75, 3.05) is 0 Å². The van der Waals surface area contributed by atoms with Crippen LogP contribution in [0.25, 0.3) is 0 Å². The van der Waals surface area contributed by atoms with Crippen LogP contribution in [0.3, 0.4) is 0 Å². The molecular formula is C9H14O2. The largest absolute Gasteiger partial charge is 0.375 e. The second-order valence-corrected chi connectivity index (χ2v) is 3.30. The molecule has 1 aliphatic heterocycles. The van der Waals surface area contributed by atoms with E-state index in [0.29, 0.717) is 0 Å². The molecule has 0 radical (unpaired) electrons. The fourth-order valence-electron chi connectivity index (χ4n) is 1.31. The van der Waals surface area contributed by atoms with E-state index in [1.807, 2.05) is 6.92 Å². The van der Waals surface area contributed by atoms with Crippen LogP contribution < -0.4 is 0 Å². The zero-order valence-corrected chi connectivity index (χ0v) is 7.00. The van der Waals surface area contributed by atoms with Crippen molar-refractivity contribution in [1.82, 2.24) is 0 Å². The van der Waals surface area contributed by atoms with Crippen LogP contribution in [-0.2, 0) is 4.74 Å². The summed E-state index contributed by atoms with van der Waals surface area (Å²) in [6.45, 7) is 3.61. The van der Waals surface area contributed by atoms with Crippen LogP contribution in [0.4, 0.5) is 0 Å². The Morgan fingerprint density at radius 3 is 2.64 bits per heavy atom. The van der Waals surface area contributed by atoms with Crippen molar-refractivity contribution in [2.45, 2.75) is 44.5 Å². The third kappa shape index (κ3) is 1.74. The predicted octanol–water partition coefficient (Wildman–Crippen LogP) is 0.938. The molecule has 0 aromatic rings. The lowest BCUT2D eigenvalue weighted by molar-refractivity contribution is -0.0564. The van der Waals surface area contributed by atoms with E-state index >= 15 is 0 Å². The molecular weight excluding hydrogens is 140 g/mol. The van der Waals surface area contributed by atoms with Gasteiger partial charge in [0.05, 0.1) is 12.2 Å². The third-order valence-electron chi connectivity index (χ3n) is 2.15. The van der Waals surface area contributed by atoms with Crippen LogP contribution in [-0.4, -0.2) is 22.9 Å². The lowest BCUT2D eigenvalue weighted by Gasteiger charge is -2.23. The molecule has 0 amide bonds. The van der Waals surface area contributed by atoms with Crippen molar-refractivity contribution < 1.29 is 9.84 Å². The zero-order valence-electron chi connectivity index (χ0n) is 7.00. The minimum absolute atomic E-state index is 0.178. The molecule has 1 heterocycles. The molecule has 0 saturated carbocycles. The molecule has 1 fully saturated rings. The third-order valence-corrected chi connectivity index (χ3v) is 2.15. The van der Waals surface area contributed by atoms with Crippen molar-refractivity contribution in [3.05, 3.63) is 0 Å². The topological polar surface area (TPSA) is 29.5 Å². The van der Waals surface area contributed by atoms with Crippen molar-refractivity contribution in [3.8, 4) is 12.3 Å². The van der Waals surface area contributed by atoms with Gasteiger partial charge in [-0.05, 0) is 26.7 Å². The van der Waals surface area contributed by atoms with Crippen molar-refractivity contribution in [1.29, 1.82) is 0 Å². The Morgan fingerprint density at radius 2 is 2.27 bits per heavy atom. The number of ether oxygens (including phenoxy) is 1. The van der Waals surface area contributed by atoms with E-state index in [4.69, 9.17) is 11.2 Å². The van der Waals surface area contributed by atoms with Gasteiger partial charge >= 0.3 is 0 Å². The summed E-state index contributed by atoms with van der Waals surface area (Å²) in [5, 5.41) is 9.58. The molecule has 1 saturated heterocycles. The average molecular weight is 154 g/mol. The number of terminal acetylenes is 1.